The number of hydrogen-bond acceptors (Lipinski definition) is 4. The van der Waals surface area contributed by atoms with Gasteiger partial charge in [-0.1, -0.05) is 0 Å². The summed E-state index contributed by atoms with van der Waals surface area (Å²) >= 11 is 0. The molecule has 0 atom stereocenters. The summed E-state index contributed by atoms with van der Waals surface area (Å²) in [6, 6.07) is 5.58. The van der Waals surface area contributed by atoms with E-state index in [9.17, 15) is 0 Å². The Kier molecular flexibility index (Phi) is 6.18. The number of imidazole rings is 1. The Hall–Kier alpha value is -1.72. The van der Waals surface area contributed by atoms with Crippen LogP contribution < -0.4 is 16.8 Å². The molecular formula is C13H20ClN5. The van der Waals surface area contributed by atoms with E-state index in [1.807, 2.05) is 30.7 Å². The zero-order valence-electron chi connectivity index (χ0n) is 10.7. The Bertz CT molecular complexity index is 484. The molecule has 19 heavy (non-hydrogen) atoms. The molecule has 0 bridgehead atoms. The molecule has 0 spiro atoms. The molecule has 0 radical (unpaired) electrons. The summed E-state index contributed by atoms with van der Waals surface area (Å²) in [4.78, 5) is 4.00. The van der Waals surface area contributed by atoms with E-state index in [4.69, 9.17) is 11.5 Å². The average molecular weight is 282 g/mol. The Labute approximate surface area is 119 Å². The van der Waals surface area contributed by atoms with Gasteiger partial charge in [-0.3, -0.25) is 0 Å². The number of aryl methyl sites for hydroxylation is 1. The van der Waals surface area contributed by atoms with Gasteiger partial charge in [-0.15, -0.1) is 12.4 Å². The van der Waals surface area contributed by atoms with Crippen molar-refractivity contribution in [1.82, 2.24) is 14.9 Å². The lowest BCUT2D eigenvalue weighted by molar-refractivity contribution is 0.581. The minimum absolute atomic E-state index is 0. The van der Waals surface area contributed by atoms with Gasteiger partial charge >= 0.3 is 0 Å². The van der Waals surface area contributed by atoms with Crippen molar-refractivity contribution in [3.05, 3.63) is 42.5 Å². The maximum Gasteiger partial charge on any atom is 0.0945 e. The second kappa shape index (κ2) is 7.66. The highest BCUT2D eigenvalue weighted by Gasteiger charge is 1.99. The Morgan fingerprint density at radius 3 is 2.84 bits per heavy atom. The van der Waals surface area contributed by atoms with Crippen LogP contribution in [-0.2, 0) is 13.1 Å². The number of nitrogens with two attached hydrogens (primary N) is 2. The smallest absolute Gasteiger partial charge is 0.0945 e. The lowest BCUT2D eigenvalue weighted by Crippen LogP contribution is -2.17. The van der Waals surface area contributed by atoms with Crippen molar-refractivity contribution in [2.75, 3.05) is 18.0 Å². The fourth-order valence-electron chi connectivity index (χ4n) is 1.81. The van der Waals surface area contributed by atoms with Crippen LogP contribution in [0.4, 0.5) is 11.4 Å². The number of nitrogens with zero attached hydrogens (tertiary/aromatic N) is 2. The zero-order valence-corrected chi connectivity index (χ0v) is 11.6. The molecule has 1 heterocycles. The molecule has 0 aliphatic carbocycles. The van der Waals surface area contributed by atoms with Gasteiger partial charge in [0, 0.05) is 36.9 Å². The van der Waals surface area contributed by atoms with Gasteiger partial charge in [-0.2, -0.15) is 0 Å². The van der Waals surface area contributed by atoms with E-state index in [2.05, 4.69) is 14.9 Å². The van der Waals surface area contributed by atoms with Gasteiger partial charge in [-0.25, -0.2) is 4.98 Å². The van der Waals surface area contributed by atoms with E-state index in [1.165, 1.54) is 0 Å². The molecule has 0 amide bonds. The summed E-state index contributed by atoms with van der Waals surface area (Å²) in [5.41, 5.74) is 14.2. The minimum atomic E-state index is 0. The average Bonchev–Trinajstić information content (AvgIpc) is 2.86. The highest BCUT2D eigenvalue weighted by atomic mass is 35.5. The van der Waals surface area contributed by atoms with Crippen LogP contribution in [0, 0.1) is 0 Å². The zero-order chi connectivity index (χ0) is 12.8. The molecule has 5 nitrogen and oxygen atoms in total. The van der Waals surface area contributed by atoms with Crippen molar-refractivity contribution in [2.24, 2.45) is 0 Å². The number of nitrogen functional groups attached to an aromatic ring is 2. The molecule has 2 rings (SSSR count). The molecule has 6 heteroatoms. The molecule has 2 aromatic rings. The van der Waals surface area contributed by atoms with Crippen molar-refractivity contribution < 1.29 is 0 Å². The number of hydrogen-bond donors (Lipinski definition) is 3. The minimum Gasteiger partial charge on any atom is -0.399 e. The third-order valence-electron chi connectivity index (χ3n) is 2.81. The quantitative estimate of drug-likeness (QED) is 0.555. The van der Waals surface area contributed by atoms with Crippen LogP contribution in [0.1, 0.15) is 12.0 Å². The van der Waals surface area contributed by atoms with Crippen LogP contribution in [0.2, 0.25) is 0 Å². The molecular weight excluding hydrogens is 262 g/mol. The van der Waals surface area contributed by atoms with E-state index < -0.39 is 0 Å². The van der Waals surface area contributed by atoms with E-state index >= 15 is 0 Å². The van der Waals surface area contributed by atoms with Gasteiger partial charge in [-0.05, 0) is 36.7 Å². The molecule has 0 saturated heterocycles. The Balaban J connectivity index is 0.00000180. The Morgan fingerprint density at radius 2 is 2.11 bits per heavy atom. The standard InChI is InChI=1S/C13H19N5.ClH/c14-12-2-3-13(15)11(8-12)9-16-4-1-6-18-7-5-17-10-18;/h2-3,5,7-8,10,16H,1,4,6,9,14-15H2;1H. The van der Waals surface area contributed by atoms with Crippen LogP contribution in [0.25, 0.3) is 0 Å². The molecule has 0 unspecified atom stereocenters. The van der Waals surface area contributed by atoms with Crippen molar-refractivity contribution >= 4 is 23.8 Å². The topological polar surface area (TPSA) is 81.9 Å². The number of aromatic nitrogens is 2. The van der Waals surface area contributed by atoms with Crippen LogP contribution in [0.15, 0.2) is 36.9 Å². The predicted octanol–water partition coefficient (Wildman–Crippen LogP) is 1.65. The third kappa shape index (κ3) is 4.81. The maximum absolute atomic E-state index is 5.87. The fraction of sp³-hybridized carbons (Fsp3) is 0.308. The number of nitrogens with one attached hydrogen (secondary N) is 1. The summed E-state index contributed by atoms with van der Waals surface area (Å²) in [5.74, 6) is 0. The first kappa shape index (κ1) is 15.3. The monoisotopic (exact) mass is 281 g/mol. The van der Waals surface area contributed by atoms with Gasteiger partial charge in [0.25, 0.3) is 0 Å². The summed E-state index contributed by atoms with van der Waals surface area (Å²) in [6.07, 6.45) is 6.64. The first-order chi connectivity index (χ1) is 8.75. The fourth-order valence-corrected chi connectivity index (χ4v) is 1.81. The van der Waals surface area contributed by atoms with E-state index in [1.54, 1.807) is 6.20 Å². The highest BCUT2D eigenvalue weighted by molar-refractivity contribution is 5.85. The maximum atomic E-state index is 5.87. The molecule has 1 aromatic heterocycles. The number of halogens is 1. The van der Waals surface area contributed by atoms with Crippen molar-refractivity contribution in [1.29, 1.82) is 0 Å². The van der Waals surface area contributed by atoms with Crippen LogP contribution in [0.3, 0.4) is 0 Å². The summed E-state index contributed by atoms with van der Waals surface area (Å²) in [5, 5.41) is 3.36. The molecule has 104 valence electrons. The second-order valence-corrected chi connectivity index (χ2v) is 4.29. The third-order valence-corrected chi connectivity index (χ3v) is 2.81. The summed E-state index contributed by atoms with van der Waals surface area (Å²) < 4.78 is 2.07. The van der Waals surface area contributed by atoms with Gasteiger partial charge in [0.05, 0.1) is 6.33 Å². The first-order valence-electron chi connectivity index (χ1n) is 6.06. The van der Waals surface area contributed by atoms with Crippen LogP contribution in [-0.4, -0.2) is 16.1 Å². The summed E-state index contributed by atoms with van der Waals surface area (Å²) in [6.45, 7) is 2.66. The lowest BCUT2D eigenvalue weighted by atomic mass is 10.1. The van der Waals surface area contributed by atoms with Crippen molar-refractivity contribution in [3.63, 3.8) is 0 Å². The molecule has 0 aliphatic rings. The first-order valence-corrected chi connectivity index (χ1v) is 6.06. The van der Waals surface area contributed by atoms with Crippen LogP contribution in [0.5, 0.6) is 0 Å². The van der Waals surface area contributed by atoms with Crippen molar-refractivity contribution in [2.45, 2.75) is 19.5 Å². The van der Waals surface area contributed by atoms with E-state index in [-0.39, 0.29) is 12.4 Å². The number of anilines is 2. The lowest BCUT2D eigenvalue weighted by Gasteiger charge is -2.08. The van der Waals surface area contributed by atoms with Gasteiger partial charge in [0.15, 0.2) is 0 Å². The molecule has 1 aromatic carbocycles. The highest BCUT2D eigenvalue weighted by Crippen LogP contribution is 2.14. The Morgan fingerprint density at radius 1 is 1.26 bits per heavy atom. The number of rotatable bonds is 6. The van der Waals surface area contributed by atoms with Gasteiger partial charge in [0.1, 0.15) is 0 Å². The largest absolute Gasteiger partial charge is 0.399 e. The molecule has 0 fully saturated rings. The molecule has 5 N–H and O–H groups in total. The summed E-state index contributed by atoms with van der Waals surface area (Å²) in [7, 11) is 0. The van der Waals surface area contributed by atoms with Crippen LogP contribution >= 0.6 is 12.4 Å². The predicted molar refractivity (Wildman–Crippen MR) is 81.1 cm³/mol. The number of benzene rings is 1. The normalized spacial score (nSPS) is 10.1. The molecule has 0 aliphatic heterocycles. The van der Waals surface area contributed by atoms with Gasteiger partial charge < -0.3 is 21.4 Å². The van der Waals surface area contributed by atoms with Gasteiger partial charge in [0.2, 0.25) is 0 Å². The molecule has 0 saturated carbocycles. The van der Waals surface area contributed by atoms with E-state index in [0.717, 1.165) is 43.0 Å². The van der Waals surface area contributed by atoms with E-state index in [0.29, 0.717) is 0 Å². The SMILES string of the molecule is Cl.Nc1ccc(N)c(CNCCCn2ccnc2)c1. The second-order valence-electron chi connectivity index (χ2n) is 4.29. The van der Waals surface area contributed by atoms with Crippen molar-refractivity contribution in [3.8, 4) is 0 Å².